The van der Waals surface area contributed by atoms with Crippen LogP contribution in [0.1, 0.15) is 52.8 Å². The van der Waals surface area contributed by atoms with Crippen LogP contribution >= 0.6 is 11.3 Å². The highest BCUT2D eigenvalue weighted by Gasteiger charge is 2.52. The predicted molar refractivity (Wildman–Crippen MR) is 132 cm³/mol. The maximum atomic E-state index is 14.5. The summed E-state index contributed by atoms with van der Waals surface area (Å²) in [5.74, 6) is -0.619. The van der Waals surface area contributed by atoms with Crippen molar-refractivity contribution >= 4 is 17.3 Å². The smallest absolute Gasteiger partial charge is 0.304 e. The molecule has 4 nitrogen and oxygen atoms in total. The minimum absolute atomic E-state index is 0.483. The zero-order valence-corrected chi connectivity index (χ0v) is 20.3. The van der Waals surface area contributed by atoms with Gasteiger partial charge in [0.05, 0.1) is 26.2 Å². The molecule has 2 aromatic carbocycles. The SMILES string of the molecule is O=C(OC12CC[N+](CCCc3cccs3)(CC1)CC2)C1([O-])c2ccccc2Cc2ccccc21. The third kappa shape index (κ3) is 3.62. The molecule has 176 valence electrons. The molecule has 0 unspecified atom stereocenters. The summed E-state index contributed by atoms with van der Waals surface area (Å²) < 4.78 is 7.41. The molecule has 0 amide bonds. The van der Waals surface area contributed by atoms with Gasteiger partial charge in [0.2, 0.25) is 0 Å². The van der Waals surface area contributed by atoms with Crippen molar-refractivity contribution in [3.8, 4) is 0 Å². The second kappa shape index (κ2) is 8.33. The van der Waals surface area contributed by atoms with Gasteiger partial charge >= 0.3 is 5.97 Å². The largest absolute Gasteiger partial charge is 0.834 e. The van der Waals surface area contributed by atoms with Crippen LogP contribution in [0.15, 0.2) is 66.0 Å². The van der Waals surface area contributed by atoms with Crippen LogP contribution in [0.2, 0.25) is 0 Å². The lowest BCUT2D eigenvalue weighted by atomic mass is 9.74. The van der Waals surface area contributed by atoms with Crippen molar-refractivity contribution in [2.45, 2.75) is 49.7 Å². The Labute approximate surface area is 205 Å². The fraction of sp³-hybridized carbons (Fsp3) is 0.414. The number of rotatable bonds is 6. The number of nitrogens with zero attached hydrogens (tertiary/aromatic N) is 1. The molecule has 0 spiro atoms. The van der Waals surface area contributed by atoms with Crippen LogP contribution in [0, 0.1) is 0 Å². The fourth-order valence-corrected chi connectivity index (χ4v) is 7.19. The number of fused-ring (bicyclic) bond motifs is 5. The maximum absolute atomic E-state index is 14.5. The molecule has 0 atom stereocenters. The number of carbonyl (C=O) groups is 1. The lowest BCUT2D eigenvalue weighted by Crippen LogP contribution is -2.66. The van der Waals surface area contributed by atoms with Crippen molar-refractivity contribution in [3.63, 3.8) is 0 Å². The summed E-state index contributed by atoms with van der Waals surface area (Å²) in [4.78, 5) is 15.2. The first-order valence-electron chi connectivity index (χ1n) is 12.5. The van der Waals surface area contributed by atoms with E-state index in [9.17, 15) is 9.90 Å². The highest BCUT2D eigenvalue weighted by atomic mass is 32.1. The van der Waals surface area contributed by atoms with Gasteiger partial charge in [-0.25, -0.2) is 0 Å². The lowest BCUT2D eigenvalue weighted by Gasteiger charge is -2.55. The normalized spacial score (nSPS) is 26.5. The van der Waals surface area contributed by atoms with E-state index in [0.29, 0.717) is 17.5 Å². The Morgan fingerprint density at radius 1 is 0.912 bits per heavy atom. The number of piperidine rings is 3. The molecule has 3 aliphatic heterocycles. The Bertz CT molecular complexity index is 1130. The van der Waals surface area contributed by atoms with Crippen molar-refractivity contribution in [1.29, 1.82) is 0 Å². The zero-order chi connectivity index (χ0) is 23.2. The average Bonchev–Trinajstić information content (AvgIpc) is 3.39. The quantitative estimate of drug-likeness (QED) is 0.399. The third-order valence-electron chi connectivity index (χ3n) is 8.53. The number of carbonyl (C=O) groups excluding carboxylic acids is 1. The highest BCUT2D eigenvalue weighted by molar-refractivity contribution is 7.09. The molecule has 5 heteroatoms. The number of hydrogen-bond acceptors (Lipinski definition) is 4. The topological polar surface area (TPSA) is 49.4 Å². The van der Waals surface area contributed by atoms with Crippen molar-refractivity contribution in [2.75, 3.05) is 26.2 Å². The van der Waals surface area contributed by atoms with Gasteiger partial charge in [-0.1, -0.05) is 54.6 Å². The number of hydrogen-bond donors (Lipinski definition) is 0. The van der Waals surface area contributed by atoms with E-state index < -0.39 is 17.2 Å². The number of thiophene rings is 1. The molecule has 4 aliphatic rings. The second-order valence-electron chi connectivity index (χ2n) is 10.4. The van der Waals surface area contributed by atoms with Gasteiger partial charge in [0.15, 0.2) is 0 Å². The third-order valence-corrected chi connectivity index (χ3v) is 9.47. The summed E-state index contributed by atoms with van der Waals surface area (Å²) in [6.07, 6.45) is 5.60. The van der Waals surface area contributed by atoms with Crippen molar-refractivity contribution < 1.29 is 19.1 Å². The van der Waals surface area contributed by atoms with Gasteiger partial charge in [-0.2, -0.15) is 0 Å². The first kappa shape index (κ1) is 22.0. The average molecular weight is 474 g/mol. The Kier molecular flexibility index (Phi) is 5.40. The van der Waals surface area contributed by atoms with Gasteiger partial charge in [-0.15, -0.1) is 11.3 Å². The highest BCUT2D eigenvalue weighted by Crippen LogP contribution is 2.44. The van der Waals surface area contributed by atoms with E-state index in [1.54, 1.807) is 0 Å². The maximum Gasteiger partial charge on any atom is 0.304 e. The molecule has 3 fully saturated rings. The lowest BCUT2D eigenvalue weighted by molar-refractivity contribution is -0.944. The number of aryl methyl sites for hydroxylation is 1. The Morgan fingerprint density at radius 3 is 2.12 bits per heavy atom. The van der Waals surface area contributed by atoms with Crippen LogP contribution in [-0.2, 0) is 28.0 Å². The van der Waals surface area contributed by atoms with Crippen molar-refractivity contribution in [2.24, 2.45) is 0 Å². The van der Waals surface area contributed by atoms with Gasteiger partial charge in [0.25, 0.3) is 0 Å². The van der Waals surface area contributed by atoms with E-state index in [2.05, 4.69) is 17.5 Å². The van der Waals surface area contributed by atoms with Crippen LogP contribution in [0.4, 0.5) is 0 Å². The molecule has 0 N–H and O–H groups in total. The van der Waals surface area contributed by atoms with Crippen molar-refractivity contribution in [3.05, 3.63) is 93.2 Å². The minimum atomic E-state index is -2.00. The summed E-state index contributed by atoms with van der Waals surface area (Å²) in [5.41, 5.74) is 0.491. The summed E-state index contributed by atoms with van der Waals surface area (Å²) in [6, 6.07) is 19.5. The molecule has 3 saturated heterocycles. The summed E-state index contributed by atoms with van der Waals surface area (Å²) >= 11 is 1.84. The van der Waals surface area contributed by atoms with Crippen molar-refractivity contribution in [1.82, 2.24) is 0 Å². The van der Waals surface area contributed by atoms with E-state index in [0.717, 1.165) is 60.9 Å². The van der Waals surface area contributed by atoms with Gasteiger partial charge in [-0.05, 0) is 46.5 Å². The molecule has 34 heavy (non-hydrogen) atoms. The van der Waals surface area contributed by atoms with E-state index in [-0.39, 0.29) is 0 Å². The number of esters is 1. The van der Waals surface area contributed by atoms with Crippen LogP contribution < -0.4 is 5.11 Å². The van der Waals surface area contributed by atoms with Gasteiger partial charge in [0, 0.05) is 36.2 Å². The zero-order valence-electron chi connectivity index (χ0n) is 19.5. The van der Waals surface area contributed by atoms with Crippen LogP contribution in [-0.4, -0.2) is 42.2 Å². The van der Waals surface area contributed by atoms with E-state index in [1.165, 1.54) is 17.8 Å². The number of ether oxygens (including phenoxy) is 1. The Hall–Kier alpha value is -2.47. The van der Waals surface area contributed by atoms with Gasteiger partial charge in [0.1, 0.15) is 5.60 Å². The number of benzene rings is 2. The first-order chi connectivity index (χ1) is 16.5. The number of quaternary nitrogens is 1. The monoisotopic (exact) mass is 473 g/mol. The molecule has 2 bridgehead atoms. The first-order valence-corrected chi connectivity index (χ1v) is 13.4. The summed E-state index contributed by atoms with van der Waals surface area (Å²) in [5, 5.41) is 16.6. The predicted octanol–water partition coefficient (Wildman–Crippen LogP) is 4.19. The molecule has 0 radical (unpaired) electrons. The Morgan fingerprint density at radius 2 is 1.53 bits per heavy atom. The summed E-state index contributed by atoms with van der Waals surface area (Å²) in [7, 11) is 0. The van der Waals surface area contributed by atoms with Crippen LogP contribution in [0.5, 0.6) is 0 Å². The second-order valence-corrected chi connectivity index (χ2v) is 11.4. The molecule has 3 aromatic rings. The molecular weight excluding hydrogens is 442 g/mol. The molecule has 0 saturated carbocycles. The molecular formula is C29H31NO3S. The summed E-state index contributed by atoms with van der Waals surface area (Å²) in [6.45, 7) is 4.30. The van der Waals surface area contributed by atoms with Crippen LogP contribution in [0.3, 0.4) is 0 Å². The Balaban J connectivity index is 1.19. The van der Waals surface area contributed by atoms with Gasteiger partial charge in [-0.3, -0.25) is 4.79 Å². The molecule has 1 aliphatic carbocycles. The van der Waals surface area contributed by atoms with E-state index >= 15 is 0 Å². The molecule has 4 heterocycles. The van der Waals surface area contributed by atoms with E-state index in [1.807, 2.05) is 59.9 Å². The molecule has 7 rings (SSSR count). The van der Waals surface area contributed by atoms with E-state index in [4.69, 9.17) is 4.74 Å². The molecule has 1 aromatic heterocycles. The van der Waals surface area contributed by atoms with Gasteiger partial charge < -0.3 is 14.3 Å². The minimum Gasteiger partial charge on any atom is -0.834 e. The van der Waals surface area contributed by atoms with Crippen LogP contribution in [0.25, 0.3) is 0 Å². The standard InChI is InChI=1S/C29H31NO3S/c31-27(29(32)25-11-3-1-7-22(25)21-23-8-2-4-12-26(23)29)33-28-13-17-30(18-14-28,19-15-28)16-5-9-24-10-6-20-34-24/h1-4,6-8,10-12,20H,5,9,13-19,21H2. The fourth-order valence-electron chi connectivity index (χ4n) is 6.44.